The minimum Gasteiger partial charge on any atom is -0.380 e. The molecule has 0 aromatic carbocycles. The summed E-state index contributed by atoms with van der Waals surface area (Å²) in [7, 11) is 1.80. The lowest BCUT2D eigenvalue weighted by Crippen LogP contribution is -2.21. The van der Waals surface area contributed by atoms with Crippen molar-refractivity contribution in [3.8, 4) is 0 Å². The van der Waals surface area contributed by atoms with E-state index in [4.69, 9.17) is 4.74 Å². The third-order valence-electron chi connectivity index (χ3n) is 2.20. The van der Waals surface area contributed by atoms with E-state index in [0.29, 0.717) is 6.10 Å². The molecule has 2 nitrogen and oxygen atoms in total. The van der Waals surface area contributed by atoms with Crippen LogP contribution in [0, 0.1) is 5.92 Å². The van der Waals surface area contributed by atoms with E-state index in [1.54, 1.807) is 7.11 Å². The van der Waals surface area contributed by atoms with Crippen molar-refractivity contribution in [2.24, 2.45) is 5.92 Å². The van der Waals surface area contributed by atoms with Crippen molar-refractivity contribution in [2.45, 2.75) is 18.6 Å². The molecule has 0 amide bonds. The Hall–Kier alpha value is -0.0800. The molecular formula is C6H11NO. The summed E-state index contributed by atoms with van der Waals surface area (Å²) in [5.74, 6) is 0.861. The molecule has 1 saturated heterocycles. The Morgan fingerprint density at radius 3 is 2.75 bits per heavy atom. The number of hydrogen-bond donors (Lipinski definition) is 1. The second-order valence-corrected chi connectivity index (χ2v) is 2.69. The largest absolute Gasteiger partial charge is 0.380 e. The maximum atomic E-state index is 5.20. The highest BCUT2D eigenvalue weighted by Gasteiger charge is 2.48. The van der Waals surface area contributed by atoms with Gasteiger partial charge in [0.2, 0.25) is 0 Å². The zero-order valence-corrected chi connectivity index (χ0v) is 5.05. The Bertz CT molecular complexity index is 105. The van der Waals surface area contributed by atoms with Crippen molar-refractivity contribution < 1.29 is 4.74 Å². The fourth-order valence-electron chi connectivity index (χ4n) is 1.54. The summed E-state index contributed by atoms with van der Waals surface area (Å²) in [6.45, 7) is 1.08. The zero-order chi connectivity index (χ0) is 5.56. The van der Waals surface area contributed by atoms with Gasteiger partial charge in [-0.05, 0) is 6.42 Å². The maximum absolute atomic E-state index is 5.20. The fourth-order valence-corrected chi connectivity index (χ4v) is 1.54. The van der Waals surface area contributed by atoms with Gasteiger partial charge in [0.1, 0.15) is 0 Å². The summed E-state index contributed by atoms with van der Waals surface area (Å²) in [5, 5.41) is 3.37. The molecule has 2 rings (SSSR count). The SMILES string of the molecule is COC1CNC2C[C@@H]21. The van der Waals surface area contributed by atoms with Gasteiger partial charge in [-0.1, -0.05) is 0 Å². The Morgan fingerprint density at radius 1 is 1.62 bits per heavy atom. The van der Waals surface area contributed by atoms with Crippen molar-refractivity contribution in [3.05, 3.63) is 0 Å². The molecule has 1 aliphatic heterocycles. The first-order chi connectivity index (χ1) is 3.92. The van der Waals surface area contributed by atoms with Crippen molar-refractivity contribution in [1.82, 2.24) is 5.32 Å². The predicted octanol–water partition coefficient (Wildman–Crippen LogP) is -0.00690. The van der Waals surface area contributed by atoms with Gasteiger partial charge in [-0.25, -0.2) is 0 Å². The van der Waals surface area contributed by atoms with E-state index in [-0.39, 0.29) is 0 Å². The molecule has 0 radical (unpaired) electrons. The molecule has 3 atom stereocenters. The Morgan fingerprint density at radius 2 is 2.50 bits per heavy atom. The van der Waals surface area contributed by atoms with E-state index in [0.717, 1.165) is 18.5 Å². The molecule has 2 unspecified atom stereocenters. The van der Waals surface area contributed by atoms with Crippen LogP contribution in [0.4, 0.5) is 0 Å². The lowest BCUT2D eigenvalue weighted by atomic mass is 10.3. The van der Waals surface area contributed by atoms with Crippen LogP contribution in [0.2, 0.25) is 0 Å². The molecule has 1 heterocycles. The van der Waals surface area contributed by atoms with E-state index < -0.39 is 0 Å². The van der Waals surface area contributed by atoms with Crippen LogP contribution in [0.1, 0.15) is 6.42 Å². The molecule has 0 aromatic rings. The molecule has 2 heteroatoms. The van der Waals surface area contributed by atoms with Gasteiger partial charge in [0.05, 0.1) is 6.10 Å². The highest BCUT2D eigenvalue weighted by Crippen LogP contribution is 2.39. The first kappa shape index (κ1) is 4.77. The lowest BCUT2D eigenvalue weighted by molar-refractivity contribution is 0.101. The standard InChI is InChI=1S/C6H11NO/c1-8-6-3-7-5-2-4(5)6/h4-7H,2-3H2,1H3/t4-,5?,6?/m0/s1. The Labute approximate surface area is 49.2 Å². The number of hydrogen-bond acceptors (Lipinski definition) is 2. The number of piperidine rings is 1. The second kappa shape index (κ2) is 1.45. The average molecular weight is 113 g/mol. The molecule has 8 heavy (non-hydrogen) atoms. The minimum absolute atomic E-state index is 0.528. The molecule has 1 saturated carbocycles. The van der Waals surface area contributed by atoms with Gasteiger partial charge >= 0.3 is 0 Å². The molecule has 2 fully saturated rings. The summed E-state index contributed by atoms with van der Waals surface area (Å²) in [6, 6.07) is 0.819. The summed E-state index contributed by atoms with van der Waals surface area (Å²) < 4.78 is 5.20. The highest BCUT2D eigenvalue weighted by atomic mass is 16.5. The molecule has 2 aliphatic rings. The number of rotatable bonds is 1. The van der Waals surface area contributed by atoms with Crippen LogP contribution in [0.5, 0.6) is 0 Å². The number of methoxy groups -OCH3 is 1. The molecule has 46 valence electrons. The molecule has 0 spiro atoms. The van der Waals surface area contributed by atoms with Crippen molar-refractivity contribution in [3.63, 3.8) is 0 Å². The van der Waals surface area contributed by atoms with E-state index in [1.807, 2.05) is 0 Å². The van der Waals surface area contributed by atoms with Gasteiger partial charge < -0.3 is 10.1 Å². The monoisotopic (exact) mass is 113 g/mol. The molecule has 1 aliphatic carbocycles. The van der Waals surface area contributed by atoms with Crippen LogP contribution in [0.3, 0.4) is 0 Å². The molecular weight excluding hydrogens is 102 g/mol. The molecule has 0 aromatic heterocycles. The second-order valence-electron chi connectivity index (χ2n) is 2.69. The Balaban J connectivity index is 1.97. The normalized spacial score (nSPS) is 51.4. The van der Waals surface area contributed by atoms with Crippen LogP contribution in [-0.2, 0) is 4.74 Å². The van der Waals surface area contributed by atoms with Crippen molar-refractivity contribution >= 4 is 0 Å². The number of nitrogens with one attached hydrogen (secondary N) is 1. The van der Waals surface area contributed by atoms with Crippen molar-refractivity contribution in [1.29, 1.82) is 0 Å². The summed E-state index contributed by atoms with van der Waals surface area (Å²) >= 11 is 0. The van der Waals surface area contributed by atoms with Gasteiger partial charge in [0.25, 0.3) is 0 Å². The first-order valence-electron chi connectivity index (χ1n) is 3.18. The predicted molar refractivity (Wildman–Crippen MR) is 30.7 cm³/mol. The van der Waals surface area contributed by atoms with Gasteiger partial charge in [-0.2, -0.15) is 0 Å². The van der Waals surface area contributed by atoms with E-state index in [9.17, 15) is 0 Å². The maximum Gasteiger partial charge on any atom is 0.0739 e. The smallest absolute Gasteiger partial charge is 0.0739 e. The van der Waals surface area contributed by atoms with Crippen LogP contribution >= 0.6 is 0 Å². The van der Waals surface area contributed by atoms with Crippen LogP contribution < -0.4 is 5.32 Å². The van der Waals surface area contributed by atoms with Crippen LogP contribution in [0.15, 0.2) is 0 Å². The quantitative estimate of drug-likeness (QED) is 0.516. The molecule has 0 bridgehead atoms. The van der Waals surface area contributed by atoms with E-state index in [1.165, 1.54) is 6.42 Å². The molecule has 1 N–H and O–H groups in total. The summed E-state index contributed by atoms with van der Waals surface area (Å²) in [5.41, 5.74) is 0. The van der Waals surface area contributed by atoms with Gasteiger partial charge in [-0.3, -0.25) is 0 Å². The van der Waals surface area contributed by atoms with Gasteiger partial charge in [0, 0.05) is 25.6 Å². The average Bonchev–Trinajstić information content (AvgIpc) is 2.46. The van der Waals surface area contributed by atoms with Crippen molar-refractivity contribution in [2.75, 3.05) is 13.7 Å². The third kappa shape index (κ3) is 0.501. The third-order valence-corrected chi connectivity index (χ3v) is 2.20. The van der Waals surface area contributed by atoms with E-state index >= 15 is 0 Å². The topological polar surface area (TPSA) is 21.3 Å². The van der Waals surface area contributed by atoms with Gasteiger partial charge in [-0.15, -0.1) is 0 Å². The minimum atomic E-state index is 0.528. The number of ether oxygens (including phenoxy) is 1. The number of fused-ring (bicyclic) bond motifs is 1. The van der Waals surface area contributed by atoms with Gasteiger partial charge in [0.15, 0.2) is 0 Å². The Kier molecular flexibility index (Phi) is 0.866. The summed E-state index contributed by atoms with van der Waals surface area (Å²) in [6.07, 6.45) is 1.87. The summed E-state index contributed by atoms with van der Waals surface area (Å²) in [4.78, 5) is 0. The fraction of sp³-hybridized carbons (Fsp3) is 1.00. The zero-order valence-electron chi connectivity index (χ0n) is 5.05. The highest BCUT2D eigenvalue weighted by molar-refractivity contribution is 5.04. The van der Waals surface area contributed by atoms with Crippen LogP contribution in [-0.4, -0.2) is 25.8 Å². The van der Waals surface area contributed by atoms with Crippen LogP contribution in [0.25, 0.3) is 0 Å². The first-order valence-corrected chi connectivity index (χ1v) is 3.18. The lowest BCUT2D eigenvalue weighted by Gasteiger charge is -2.06. The van der Waals surface area contributed by atoms with E-state index in [2.05, 4.69) is 5.32 Å².